The second-order valence-corrected chi connectivity index (χ2v) is 7.35. The number of nitrogen functional groups attached to an aromatic ring is 1. The maximum atomic E-state index is 12.8. The van der Waals surface area contributed by atoms with Crippen molar-refractivity contribution in [1.82, 2.24) is 4.31 Å². The molecule has 1 atom stereocenters. The number of rotatable bonds is 3. The Kier molecular flexibility index (Phi) is 4.09. The van der Waals surface area contributed by atoms with Gasteiger partial charge < -0.3 is 10.5 Å². The van der Waals surface area contributed by atoms with Crippen LogP contribution in [0.25, 0.3) is 0 Å². The van der Waals surface area contributed by atoms with Gasteiger partial charge in [-0.25, -0.2) is 8.42 Å². The molecule has 5 nitrogen and oxygen atoms in total. The Morgan fingerprint density at radius 1 is 1.30 bits per heavy atom. The minimum atomic E-state index is -3.55. The normalized spacial score (nSPS) is 19.8. The predicted octanol–water partition coefficient (Wildman–Crippen LogP) is 1.60. The first-order valence-corrected chi connectivity index (χ1v) is 8.13. The summed E-state index contributed by atoms with van der Waals surface area (Å²) < 4.78 is 32.4. The van der Waals surface area contributed by atoms with Crippen molar-refractivity contribution in [2.24, 2.45) is 0 Å². The van der Waals surface area contributed by atoms with E-state index in [0.29, 0.717) is 29.4 Å². The molecule has 1 aromatic rings. The highest BCUT2D eigenvalue weighted by Crippen LogP contribution is 2.31. The number of likely N-dealkylation sites (N-methyl/N-ethyl adjacent to an activating group) is 1. The summed E-state index contributed by atoms with van der Waals surface area (Å²) in [6.45, 7) is 6.53. The Labute approximate surface area is 120 Å². The zero-order chi connectivity index (χ0) is 15.1. The van der Waals surface area contributed by atoms with Crippen molar-refractivity contribution in [2.45, 2.75) is 38.1 Å². The fourth-order valence-corrected chi connectivity index (χ4v) is 4.54. The third-order valence-electron chi connectivity index (χ3n) is 4.02. The number of sulfonamides is 1. The van der Waals surface area contributed by atoms with E-state index in [1.54, 1.807) is 14.0 Å². The molecule has 1 aliphatic heterocycles. The van der Waals surface area contributed by atoms with E-state index in [1.807, 2.05) is 19.9 Å². The molecule has 2 rings (SSSR count). The second kappa shape index (κ2) is 5.35. The highest BCUT2D eigenvalue weighted by atomic mass is 32.2. The SMILES string of the molecule is Cc1cc(C)c(S(=O)(=O)N(C)C2CCOC2)c(C)c1N. The van der Waals surface area contributed by atoms with Gasteiger partial charge in [0.05, 0.1) is 17.5 Å². The molecule has 0 amide bonds. The van der Waals surface area contributed by atoms with Gasteiger partial charge in [0.15, 0.2) is 0 Å². The van der Waals surface area contributed by atoms with E-state index in [-0.39, 0.29) is 6.04 Å². The van der Waals surface area contributed by atoms with Gasteiger partial charge in [0.2, 0.25) is 10.0 Å². The van der Waals surface area contributed by atoms with Crippen LogP contribution in [0.4, 0.5) is 5.69 Å². The molecule has 1 fully saturated rings. The molecule has 20 heavy (non-hydrogen) atoms. The number of hydrogen-bond donors (Lipinski definition) is 1. The highest BCUT2D eigenvalue weighted by Gasteiger charge is 2.33. The fraction of sp³-hybridized carbons (Fsp3) is 0.571. The summed E-state index contributed by atoms with van der Waals surface area (Å²) in [5, 5.41) is 0. The molecule has 1 aliphatic rings. The standard InChI is InChI=1S/C14H22N2O3S/c1-9-7-10(2)14(11(3)13(9)15)20(17,18)16(4)12-5-6-19-8-12/h7,12H,5-6,8,15H2,1-4H3. The van der Waals surface area contributed by atoms with Crippen molar-refractivity contribution in [1.29, 1.82) is 0 Å². The molecule has 2 N–H and O–H groups in total. The van der Waals surface area contributed by atoms with E-state index in [2.05, 4.69) is 0 Å². The lowest BCUT2D eigenvalue weighted by atomic mass is 10.1. The molecule has 0 bridgehead atoms. The first-order valence-electron chi connectivity index (χ1n) is 6.69. The van der Waals surface area contributed by atoms with Crippen LogP contribution >= 0.6 is 0 Å². The van der Waals surface area contributed by atoms with E-state index in [1.165, 1.54) is 4.31 Å². The molecule has 0 saturated carbocycles. The summed E-state index contributed by atoms with van der Waals surface area (Å²) in [6, 6.07) is 1.73. The summed E-state index contributed by atoms with van der Waals surface area (Å²) >= 11 is 0. The molecule has 1 saturated heterocycles. The molecule has 0 radical (unpaired) electrons. The maximum Gasteiger partial charge on any atom is 0.243 e. The van der Waals surface area contributed by atoms with Crippen LogP contribution in [-0.4, -0.2) is 39.0 Å². The van der Waals surface area contributed by atoms with Crippen LogP contribution in [0.15, 0.2) is 11.0 Å². The number of benzene rings is 1. The molecule has 0 aromatic heterocycles. The van der Waals surface area contributed by atoms with Gasteiger partial charge in [0.1, 0.15) is 0 Å². The van der Waals surface area contributed by atoms with Crippen molar-refractivity contribution in [3.63, 3.8) is 0 Å². The lowest BCUT2D eigenvalue weighted by Crippen LogP contribution is -2.38. The number of hydrogen-bond acceptors (Lipinski definition) is 4. The van der Waals surface area contributed by atoms with Crippen LogP contribution in [0.3, 0.4) is 0 Å². The van der Waals surface area contributed by atoms with E-state index >= 15 is 0 Å². The molecule has 6 heteroatoms. The van der Waals surface area contributed by atoms with Crippen LogP contribution in [0.5, 0.6) is 0 Å². The molecule has 0 spiro atoms. The van der Waals surface area contributed by atoms with Gasteiger partial charge in [-0.05, 0) is 43.9 Å². The van der Waals surface area contributed by atoms with Gasteiger partial charge in [0.25, 0.3) is 0 Å². The molecule has 112 valence electrons. The van der Waals surface area contributed by atoms with Gasteiger partial charge in [0, 0.05) is 19.3 Å². The van der Waals surface area contributed by atoms with E-state index < -0.39 is 10.0 Å². The number of ether oxygens (including phenoxy) is 1. The number of aryl methyl sites for hydroxylation is 2. The Morgan fingerprint density at radius 3 is 2.50 bits per heavy atom. The van der Waals surface area contributed by atoms with Gasteiger partial charge >= 0.3 is 0 Å². The fourth-order valence-electron chi connectivity index (χ4n) is 2.73. The number of nitrogens with zero attached hydrogens (tertiary/aromatic N) is 1. The Balaban J connectivity index is 2.52. The zero-order valence-corrected chi connectivity index (χ0v) is 13.3. The monoisotopic (exact) mass is 298 g/mol. The molecule has 1 aromatic carbocycles. The summed E-state index contributed by atoms with van der Waals surface area (Å²) in [7, 11) is -1.93. The van der Waals surface area contributed by atoms with E-state index in [0.717, 1.165) is 17.5 Å². The minimum absolute atomic E-state index is 0.0960. The molecular formula is C14H22N2O3S. The zero-order valence-electron chi connectivity index (χ0n) is 12.4. The lowest BCUT2D eigenvalue weighted by Gasteiger charge is -2.25. The first kappa shape index (κ1) is 15.3. The minimum Gasteiger partial charge on any atom is -0.398 e. The number of anilines is 1. The smallest absolute Gasteiger partial charge is 0.243 e. The van der Waals surface area contributed by atoms with Gasteiger partial charge in [-0.1, -0.05) is 6.07 Å². The number of nitrogens with two attached hydrogens (primary N) is 1. The van der Waals surface area contributed by atoms with Crippen LogP contribution in [-0.2, 0) is 14.8 Å². The summed E-state index contributed by atoms with van der Waals surface area (Å²) in [4.78, 5) is 0.329. The summed E-state index contributed by atoms with van der Waals surface area (Å²) in [5.74, 6) is 0. The van der Waals surface area contributed by atoms with Crippen molar-refractivity contribution in [3.8, 4) is 0 Å². The van der Waals surface area contributed by atoms with Gasteiger partial charge in [-0.15, -0.1) is 0 Å². The summed E-state index contributed by atoms with van der Waals surface area (Å²) in [6.07, 6.45) is 0.731. The third-order valence-corrected chi connectivity index (χ3v) is 6.22. The topological polar surface area (TPSA) is 72.6 Å². The Hall–Kier alpha value is -1.11. The average Bonchev–Trinajstić information content (AvgIpc) is 2.88. The lowest BCUT2D eigenvalue weighted by molar-refractivity contribution is 0.181. The molecule has 1 heterocycles. The van der Waals surface area contributed by atoms with Crippen LogP contribution in [0.1, 0.15) is 23.1 Å². The van der Waals surface area contributed by atoms with Gasteiger partial charge in [-0.3, -0.25) is 0 Å². The first-order chi connectivity index (χ1) is 9.26. The van der Waals surface area contributed by atoms with E-state index in [4.69, 9.17) is 10.5 Å². The van der Waals surface area contributed by atoms with Crippen molar-refractivity contribution in [3.05, 3.63) is 22.8 Å². The maximum absolute atomic E-state index is 12.8. The molecule has 0 aliphatic carbocycles. The largest absolute Gasteiger partial charge is 0.398 e. The molecular weight excluding hydrogens is 276 g/mol. The summed E-state index contributed by atoms with van der Waals surface area (Å²) in [5.41, 5.74) is 8.82. The van der Waals surface area contributed by atoms with E-state index in [9.17, 15) is 8.42 Å². The van der Waals surface area contributed by atoms with Crippen LogP contribution < -0.4 is 5.73 Å². The van der Waals surface area contributed by atoms with Crippen LogP contribution in [0.2, 0.25) is 0 Å². The third kappa shape index (κ3) is 2.43. The quantitative estimate of drug-likeness (QED) is 0.860. The Morgan fingerprint density at radius 2 is 1.95 bits per heavy atom. The molecule has 1 unspecified atom stereocenters. The Bertz CT molecular complexity index is 620. The van der Waals surface area contributed by atoms with Crippen molar-refractivity contribution >= 4 is 15.7 Å². The van der Waals surface area contributed by atoms with Crippen molar-refractivity contribution < 1.29 is 13.2 Å². The van der Waals surface area contributed by atoms with Gasteiger partial charge in [-0.2, -0.15) is 4.31 Å². The van der Waals surface area contributed by atoms with Crippen LogP contribution in [0, 0.1) is 20.8 Å². The average molecular weight is 298 g/mol. The van der Waals surface area contributed by atoms with Crippen molar-refractivity contribution in [2.75, 3.05) is 26.0 Å². The second-order valence-electron chi connectivity index (χ2n) is 5.42. The predicted molar refractivity (Wildman–Crippen MR) is 79.2 cm³/mol. The highest BCUT2D eigenvalue weighted by molar-refractivity contribution is 7.89.